The van der Waals surface area contributed by atoms with E-state index in [1.54, 1.807) is 24.3 Å². The van der Waals surface area contributed by atoms with E-state index >= 15 is 0 Å². The van der Waals surface area contributed by atoms with E-state index in [1.165, 1.54) is 31.4 Å². The predicted molar refractivity (Wildman–Crippen MR) is 183 cm³/mol. The SMILES string of the molecule is Cn1cc(CO)c(=O)n(Cc2nc(C[C@H](O)c3ccc(Cl)cc3Cn3cc(F)c(=O)n(Cc4nc(C[C@H](O)c5ccc(Cl)cc5)no4)c3=O)no2)c1=O. The van der Waals surface area contributed by atoms with Crippen molar-refractivity contribution in [2.45, 2.75) is 51.3 Å². The van der Waals surface area contributed by atoms with Gasteiger partial charge in [-0.15, -0.1) is 0 Å². The molecule has 276 valence electrons. The number of aromatic nitrogens is 8. The predicted octanol–water partition coefficient (Wildman–Crippen LogP) is 1.27. The Kier molecular flexibility index (Phi) is 11.0. The number of benzene rings is 2. The van der Waals surface area contributed by atoms with Crippen molar-refractivity contribution in [2.24, 2.45) is 7.05 Å². The lowest BCUT2D eigenvalue weighted by Crippen LogP contribution is -2.41. The minimum absolute atomic E-state index is 0.00737. The van der Waals surface area contributed by atoms with Gasteiger partial charge in [-0.05, 0) is 41.0 Å². The molecule has 4 heterocycles. The Morgan fingerprint density at radius 1 is 0.755 bits per heavy atom. The third-order valence-corrected chi connectivity index (χ3v) is 8.67. The second kappa shape index (κ2) is 15.6. The van der Waals surface area contributed by atoms with Gasteiger partial charge in [0.25, 0.3) is 11.1 Å². The first-order valence-corrected chi connectivity index (χ1v) is 16.5. The van der Waals surface area contributed by atoms with Gasteiger partial charge in [0, 0.05) is 36.1 Å². The van der Waals surface area contributed by atoms with Gasteiger partial charge < -0.3 is 28.9 Å². The molecule has 2 atom stereocenters. The molecule has 0 aliphatic carbocycles. The van der Waals surface area contributed by atoms with Crippen molar-refractivity contribution in [1.29, 1.82) is 0 Å². The van der Waals surface area contributed by atoms with Crippen molar-refractivity contribution < 1.29 is 28.8 Å². The van der Waals surface area contributed by atoms with Crippen molar-refractivity contribution in [2.75, 3.05) is 0 Å². The van der Waals surface area contributed by atoms with Crippen molar-refractivity contribution in [3.05, 3.63) is 158 Å². The van der Waals surface area contributed by atoms with Gasteiger partial charge in [-0.25, -0.2) is 14.2 Å². The molecule has 0 spiro atoms. The summed E-state index contributed by atoms with van der Waals surface area (Å²) < 4.78 is 28.8. The van der Waals surface area contributed by atoms with Crippen LogP contribution in [0.3, 0.4) is 0 Å². The normalized spacial score (nSPS) is 12.7. The molecule has 0 aliphatic rings. The molecule has 53 heavy (non-hydrogen) atoms. The average molecular weight is 772 g/mol. The Labute approximate surface area is 306 Å². The van der Waals surface area contributed by atoms with Gasteiger partial charge in [-0.1, -0.05) is 51.7 Å². The number of hydrogen-bond donors (Lipinski definition) is 3. The first-order valence-electron chi connectivity index (χ1n) is 15.7. The van der Waals surface area contributed by atoms with Gasteiger partial charge in [0.1, 0.15) is 13.1 Å². The largest absolute Gasteiger partial charge is 0.391 e. The molecular weight excluding hydrogens is 742 g/mol. The highest BCUT2D eigenvalue weighted by Crippen LogP contribution is 2.25. The van der Waals surface area contributed by atoms with Crippen LogP contribution in [0.5, 0.6) is 0 Å². The highest BCUT2D eigenvalue weighted by Gasteiger charge is 2.22. The first-order chi connectivity index (χ1) is 25.3. The fourth-order valence-electron chi connectivity index (χ4n) is 5.54. The van der Waals surface area contributed by atoms with Gasteiger partial charge in [0.15, 0.2) is 11.6 Å². The smallest absolute Gasteiger partial charge is 0.331 e. The summed E-state index contributed by atoms with van der Waals surface area (Å²) in [6.07, 6.45) is -0.656. The van der Waals surface area contributed by atoms with Crippen molar-refractivity contribution >= 4 is 23.2 Å². The van der Waals surface area contributed by atoms with Crippen LogP contribution in [-0.2, 0) is 46.1 Å². The van der Waals surface area contributed by atoms with E-state index in [4.69, 9.17) is 32.2 Å². The second-order valence-electron chi connectivity index (χ2n) is 11.9. The molecule has 0 unspecified atom stereocenters. The molecule has 3 N–H and O–H groups in total. The lowest BCUT2D eigenvalue weighted by atomic mass is 9.99. The Hall–Kier alpha value is -5.53. The van der Waals surface area contributed by atoms with Gasteiger partial charge in [0.2, 0.25) is 17.6 Å². The average Bonchev–Trinajstić information content (AvgIpc) is 3.77. The summed E-state index contributed by atoms with van der Waals surface area (Å²) in [6, 6.07) is 10.9. The van der Waals surface area contributed by atoms with Crippen LogP contribution in [0.1, 0.15) is 57.9 Å². The van der Waals surface area contributed by atoms with Crippen LogP contribution in [0.4, 0.5) is 4.39 Å². The quantitative estimate of drug-likeness (QED) is 0.151. The summed E-state index contributed by atoms with van der Waals surface area (Å²) in [4.78, 5) is 59.7. The van der Waals surface area contributed by atoms with Gasteiger partial charge in [-0.2, -0.15) is 14.4 Å². The van der Waals surface area contributed by atoms with E-state index in [9.17, 15) is 38.9 Å². The van der Waals surface area contributed by atoms with E-state index in [1.807, 2.05) is 0 Å². The summed E-state index contributed by atoms with van der Waals surface area (Å²) in [5, 5.41) is 39.6. The van der Waals surface area contributed by atoms with Crippen LogP contribution >= 0.6 is 23.2 Å². The zero-order valence-corrected chi connectivity index (χ0v) is 29.1. The maximum Gasteiger partial charge on any atom is 0.331 e. The zero-order chi connectivity index (χ0) is 38.0. The van der Waals surface area contributed by atoms with Crippen molar-refractivity contribution in [1.82, 2.24) is 38.5 Å². The molecule has 6 aromatic rings. The van der Waals surface area contributed by atoms with Crippen molar-refractivity contribution in [3.8, 4) is 0 Å². The van der Waals surface area contributed by atoms with Gasteiger partial charge >= 0.3 is 11.4 Å². The Morgan fingerprint density at radius 3 is 1.96 bits per heavy atom. The fourth-order valence-corrected chi connectivity index (χ4v) is 5.86. The van der Waals surface area contributed by atoms with Crippen LogP contribution in [0.15, 0.2) is 83.1 Å². The fraction of sp³-hybridized carbons (Fsp3) is 0.273. The van der Waals surface area contributed by atoms with Gasteiger partial charge in [-0.3, -0.25) is 18.7 Å². The number of aliphatic hydroxyl groups excluding tert-OH is 3. The van der Waals surface area contributed by atoms with Crippen LogP contribution in [-0.4, -0.2) is 53.9 Å². The lowest BCUT2D eigenvalue weighted by Gasteiger charge is -2.16. The third-order valence-electron chi connectivity index (χ3n) is 8.19. The van der Waals surface area contributed by atoms with E-state index in [0.29, 0.717) is 15.2 Å². The van der Waals surface area contributed by atoms with E-state index in [-0.39, 0.29) is 64.5 Å². The molecule has 6 rings (SSSR count). The maximum absolute atomic E-state index is 15.0. The number of aliphatic hydroxyl groups is 3. The summed E-state index contributed by atoms with van der Waals surface area (Å²) in [5.74, 6) is -1.48. The Morgan fingerprint density at radius 2 is 1.34 bits per heavy atom. The van der Waals surface area contributed by atoms with Crippen LogP contribution < -0.4 is 22.5 Å². The number of rotatable bonds is 13. The highest BCUT2D eigenvalue weighted by atomic mass is 35.5. The van der Waals surface area contributed by atoms with E-state index in [2.05, 4.69) is 20.3 Å². The molecule has 2 aromatic carbocycles. The van der Waals surface area contributed by atoms with Crippen molar-refractivity contribution in [3.63, 3.8) is 0 Å². The van der Waals surface area contributed by atoms with E-state index in [0.717, 1.165) is 19.9 Å². The Balaban J connectivity index is 1.20. The van der Waals surface area contributed by atoms with Crippen LogP contribution in [0.25, 0.3) is 0 Å². The number of nitrogens with zero attached hydrogens (tertiary/aromatic N) is 8. The molecule has 20 heteroatoms. The first kappa shape index (κ1) is 37.2. The molecule has 0 saturated carbocycles. The second-order valence-corrected chi connectivity index (χ2v) is 12.8. The topological polar surface area (TPSA) is 227 Å². The monoisotopic (exact) mass is 770 g/mol. The Bertz CT molecular complexity index is 2520. The number of aryl methyl sites for hydroxylation is 1. The summed E-state index contributed by atoms with van der Waals surface area (Å²) in [7, 11) is 1.41. The molecule has 0 aliphatic heterocycles. The summed E-state index contributed by atoms with van der Waals surface area (Å²) >= 11 is 12.1. The highest BCUT2D eigenvalue weighted by molar-refractivity contribution is 6.30. The van der Waals surface area contributed by atoms with Crippen LogP contribution in [0.2, 0.25) is 10.0 Å². The number of halogens is 3. The van der Waals surface area contributed by atoms with E-state index < -0.39 is 60.2 Å². The standard InChI is InChI=1S/C33H29Cl2FN8O9/c1-41-11-19(16-45)30(48)43(32(41)50)14-28-38-27(40-52-28)10-25(47)22-7-6-21(35)8-18(22)12-42-13-23(36)31(49)44(33(42)51)15-29-37-26(39-53-29)9-24(46)17-2-4-20(34)5-3-17/h2-8,11,13,24-25,45-47H,9-10,12,14-16H2,1H3/t24-,25-/m0/s1. The molecule has 0 saturated heterocycles. The summed E-state index contributed by atoms with van der Waals surface area (Å²) in [6.45, 7) is -1.90. The van der Waals surface area contributed by atoms with Crippen LogP contribution in [0, 0.1) is 5.82 Å². The molecule has 0 bridgehead atoms. The molecule has 17 nitrogen and oxygen atoms in total. The zero-order valence-electron chi connectivity index (χ0n) is 27.6. The third kappa shape index (κ3) is 8.26. The molecule has 4 aromatic heterocycles. The molecule has 0 fully saturated rings. The molecule has 0 amide bonds. The lowest BCUT2D eigenvalue weighted by molar-refractivity contribution is 0.173. The molecule has 0 radical (unpaired) electrons. The minimum atomic E-state index is -1.31. The molecular formula is C33H29Cl2FN8O9. The maximum atomic E-state index is 15.0. The minimum Gasteiger partial charge on any atom is -0.391 e. The summed E-state index contributed by atoms with van der Waals surface area (Å²) in [5.41, 5.74) is -2.52. The number of hydrogen-bond acceptors (Lipinski definition) is 13. The van der Waals surface area contributed by atoms with Gasteiger partial charge in [0.05, 0.1) is 37.1 Å².